The number of carbonyl (C=O) groups is 2. The molecule has 11 heteroatoms. The minimum absolute atomic E-state index is 0.151. The number of piperazine rings is 1. The van der Waals surface area contributed by atoms with Crippen molar-refractivity contribution in [3.8, 4) is 0 Å². The van der Waals surface area contributed by atoms with Gasteiger partial charge < -0.3 is 14.7 Å². The second kappa shape index (κ2) is 9.37. The molecule has 1 aliphatic heterocycles. The molecular weight excluding hydrogens is 410 g/mol. The first-order chi connectivity index (χ1) is 14.3. The van der Waals surface area contributed by atoms with Crippen molar-refractivity contribution in [3.05, 3.63) is 42.2 Å². The van der Waals surface area contributed by atoms with E-state index in [0.29, 0.717) is 37.8 Å². The van der Waals surface area contributed by atoms with Gasteiger partial charge in [-0.05, 0) is 19.1 Å². The van der Waals surface area contributed by atoms with E-state index < -0.39 is 10.0 Å². The molecule has 0 saturated carbocycles. The maximum absolute atomic E-state index is 12.6. The van der Waals surface area contributed by atoms with Crippen LogP contribution in [0.3, 0.4) is 0 Å². The number of likely N-dealkylation sites (N-methyl/N-ethyl adjacent to an activating group) is 1. The first-order valence-electron chi connectivity index (χ1n) is 9.50. The second-order valence-corrected chi connectivity index (χ2v) is 9.15. The number of aromatic nitrogens is 1. The van der Waals surface area contributed by atoms with Crippen molar-refractivity contribution < 1.29 is 22.5 Å². The Bertz CT molecular complexity index is 984. The molecule has 2 amide bonds. The normalized spacial score (nSPS) is 15.4. The van der Waals surface area contributed by atoms with Gasteiger partial charge in [-0.3, -0.25) is 14.5 Å². The summed E-state index contributed by atoms with van der Waals surface area (Å²) in [6.07, 6.45) is 0. The molecule has 2 aromatic rings. The molecule has 0 spiro atoms. The Morgan fingerprint density at radius 1 is 1.17 bits per heavy atom. The summed E-state index contributed by atoms with van der Waals surface area (Å²) in [6, 6.07) is 9.65. The number of rotatable bonds is 7. The van der Waals surface area contributed by atoms with Gasteiger partial charge in [-0.15, -0.1) is 0 Å². The van der Waals surface area contributed by atoms with Crippen molar-refractivity contribution in [2.24, 2.45) is 0 Å². The van der Waals surface area contributed by atoms with E-state index >= 15 is 0 Å². The third kappa shape index (κ3) is 5.43. The fourth-order valence-corrected chi connectivity index (χ4v) is 4.26. The minimum atomic E-state index is -3.72. The van der Waals surface area contributed by atoms with Gasteiger partial charge in [0.2, 0.25) is 21.8 Å². The van der Waals surface area contributed by atoms with Crippen molar-refractivity contribution in [1.29, 1.82) is 0 Å². The summed E-state index contributed by atoms with van der Waals surface area (Å²) in [7, 11) is -2.32. The van der Waals surface area contributed by atoms with Crippen LogP contribution >= 0.6 is 0 Å². The Morgan fingerprint density at radius 3 is 2.43 bits per heavy atom. The molecular formula is C19H25N5O5S. The number of hydrogen-bond donors (Lipinski definition) is 1. The predicted octanol–water partition coefficient (Wildman–Crippen LogP) is 0.386. The summed E-state index contributed by atoms with van der Waals surface area (Å²) in [5.41, 5.74) is 0. The van der Waals surface area contributed by atoms with E-state index in [-0.39, 0.29) is 29.8 Å². The zero-order valence-corrected chi connectivity index (χ0v) is 17.8. The molecule has 1 aromatic carbocycles. The van der Waals surface area contributed by atoms with Crippen LogP contribution in [0.1, 0.15) is 5.76 Å². The van der Waals surface area contributed by atoms with Gasteiger partial charge in [-0.2, -0.15) is 4.31 Å². The highest BCUT2D eigenvalue weighted by molar-refractivity contribution is 7.89. The summed E-state index contributed by atoms with van der Waals surface area (Å²) in [4.78, 5) is 28.4. The van der Waals surface area contributed by atoms with E-state index in [2.05, 4.69) is 10.5 Å². The zero-order chi connectivity index (χ0) is 21.7. The average molecular weight is 436 g/mol. The highest BCUT2D eigenvalue weighted by Gasteiger charge is 2.27. The molecule has 0 unspecified atom stereocenters. The Kier molecular flexibility index (Phi) is 6.85. The van der Waals surface area contributed by atoms with E-state index in [1.807, 2.05) is 4.90 Å². The third-order valence-electron chi connectivity index (χ3n) is 4.80. The van der Waals surface area contributed by atoms with Crippen LogP contribution in [0.2, 0.25) is 0 Å². The molecule has 1 fully saturated rings. The number of benzene rings is 1. The maximum Gasteiger partial charge on any atom is 0.243 e. The molecule has 162 valence electrons. The number of nitrogens with zero attached hydrogens (tertiary/aromatic N) is 4. The van der Waals surface area contributed by atoms with Crippen LogP contribution < -0.4 is 5.32 Å². The monoisotopic (exact) mass is 435 g/mol. The van der Waals surface area contributed by atoms with Crippen LogP contribution in [0.25, 0.3) is 0 Å². The maximum atomic E-state index is 12.6. The SMILES string of the molecule is Cc1cc(NC(=O)CN2CCN(C(=O)CN(C)S(=O)(=O)c3ccccc3)CC2)no1. The first kappa shape index (κ1) is 21.9. The molecule has 0 radical (unpaired) electrons. The predicted molar refractivity (Wildman–Crippen MR) is 109 cm³/mol. The van der Waals surface area contributed by atoms with Gasteiger partial charge in [0.05, 0.1) is 18.0 Å². The second-order valence-electron chi connectivity index (χ2n) is 7.10. The summed E-state index contributed by atoms with van der Waals surface area (Å²) < 4.78 is 31.1. The largest absolute Gasteiger partial charge is 0.360 e. The van der Waals surface area contributed by atoms with Crippen molar-refractivity contribution in [1.82, 2.24) is 19.3 Å². The number of anilines is 1. The lowest BCUT2D eigenvalue weighted by atomic mass is 10.3. The first-order valence-corrected chi connectivity index (χ1v) is 10.9. The molecule has 2 heterocycles. The Balaban J connectivity index is 1.46. The molecule has 30 heavy (non-hydrogen) atoms. The van der Waals surface area contributed by atoms with Gasteiger partial charge in [0.15, 0.2) is 5.82 Å². The Labute approximate surface area is 175 Å². The molecule has 1 aliphatic rings. The van der Waals surface area contributed by atoms with Crippen LogP contribution in [0.5, 0.6) is 0 Å². The zero-order valence-electron chi connectivity index (χ0n) is 16.9. The number of hydrogen-bond acceptors (Lipinski definition) is 7. The van der Waals surface area contributed by atoms with Crippen LogP contribution in [0.15, 0.2) is 45.8 Å². The fraction of sp³-hybridized carbons (Fsp3) is 0.421. The van der Waals surface area contributed by atoms with Crippen LogP contribution in [0, 0.1) is 6.92 Å². The van der Waals surface area contributed by atoms with Gasteiger partial charge in [-0.25, -0.2) is 8.42 Å². The number of aryl methyl sites for hydroxylation is 1. The summed E-state index contributed by atoms with van der Waals surface area (Å²) in [5.74, 6) is 0.501. The molecule has 1 aromatic heterocycles. The summed E-state index contributed by atoms with van der Waals surface area (Å²) >= 11 is 0. The van der Waals surface area contributed by atoms with Crippen LogP contribution in [-0.2, 0) is 19.6 Å². The van der Waals surface area contributed by atoms with Crippen molar-refractivity contribution in [2.75, 3.05) is 51.6 Å². The highest BCUT2D eigenvalue weighted by atomic mass is 32.2. The number of carbonyl (C=O) groups excluding carboxylic acids is 2. The van der Waals surface area contributed by atoms with Gasteiger partial charge in [0, 0.05) is 39.3 Å². The minimum Gasteiger partial charge on any atom is -0.360 e. The van der Waals surface area contributed by atoms with Gasteiger partial charge in [0.25, 0.3) is 0 Å². The van der Waals surface area contributed by atoms with Crippen LogP contribution in [-0.4, -0.2) is 85.8 Å². The van der Waals surface area contributed by atoms with Crippen LogP contribution in [0.4, 0.5) is 5.82 Å². The Hall–Kier alpha value is -2.76. The Morgan fingerprint density at radius 2 is 1.83 bits per heavy atom. The van der Waals surface area contributed by atoms with E-state index in [0.717, 1.165) is 4.31 Å². The molecule has 3 rings (SSSR count). The topological polar surface area (TPSA) is 116 Å². The molecule has 0 aliphatic carbocycles. The third-order valence-corrected chi connectivity index (χ3v) is 6.61. The summed E-state index contributed by atoms with van der Waals surface area (Å²) in [5, 5.41) is 6.38. The van der Waals surface area contributed by atoms with Crippen molar-refractivity contribution >= 4 is 27.7 Å². The van der Waals surface area contributed by atoms with Crippen molar-refractivity contribution in [2.45, 2.75) is 11.8 Å². The van der Waals surface area contributed by atoms with E-state index in [9.17, 15) is 18.0 Å². The molecule has 1 N–H and O–H groups in total. The lowest BCUT2D eigenvalue weighted by Crippen LogP contribution is -2.52. The standard InChI is InChI=1S/C19H25N5O5S/c1-15-12-17(21-29-15)20-18(25)13-23-8-10-24(11-9-23)19(26)14-22(2)30(27,28)16-6-4-3-5-7-16/h3-7,12H,8-11,13-14H2,1-2H3,(H,20,21,25). The van der Waals surface area contributed by atoms with E-state index in [1.54, 1.807) is 36.1 Å². The fourth-order valence-electron chi connectivity index (χ4n) is 3.11. The lowest BCUT2D eigenvalue weighted by molar-refractivity contribution is -0.133. The van der Waals surface area contributed by atoms with Crippen molar-refractivity contribution in [3.63, 3.8) is 0 Å². The average Bonchev–Trinajstić information content (AvgIpc) is 3.13. The molecule has 0 atom stereocenters. The van der Waals surface area contributed by atoms with Gasteiger partial charge in [0.1, 0.15) is 5.76 Å². The van der Waals surface area contributed by atoms with E-state index in [1.165, 1.54) is 19.2 Å². The molecule has 1 saturated heterocycles. The van der Waals surface area contributed by atoms with Gasteiger partial charge >= 0.3 is 0 Å². The quantitative estimate of drug-likeness (QED) is 0.669. The lowest BCUT2D eigenvalue weighted by Gasteiger charge is -2.34. The molecule has 10 nitrogen and oxygen atoms in total. The number of nitrogens with one attached hydrogen (secondary N) is 1. The van der Waals surface area contributed by atoms with E-state index in [4.69, 9.17) is 4.52 Å². The number of amides is 2. The number of sulfonamides is 1. The van der Waals surface area contributed by atoms with Gasteiger partial charge in [-0.1, -0.05) is 23.4 Å². The highest BCUT2D eigenvalue weighted by Crippen LogP contribution is 2.14. The molecule has 0 bridgehead atoms. The smallest absolute Gasteiger partial charge is 0.243 e. The summed E-state index contributed by atoms with van der Waals surface area (Å²) in [6.45, 7) is 3.57.